The van der Waals surface area contributed by atoms with Gasteiger partial charge < -0.3 is 25.5 Å². The maximum Gasteiger partial charge on any atom is 0.357 e. The summed E-state index contributed by atoms with van der Waals surface area (Å²) in [4.78, 5) is 70.4. The maximum absolute atomic E-state index is 12.6. The van der Waals surface area contributed by atoms with Gasteiger partial charge in [0.1, 0.15) is 11.4 Å². The zero-order chi connectivity index (χ0) is 35.5. The van der Waals surface area contributed by atoms with Gasteiger partial charge in [-0.15, -0.1) is 0 Å². The minimum absolute atomic E-state index is 0.0214. The Morgan fingerprint density at radius 3 is 1.73 bits per heavy atom. The molecule has 0 fully saturated rings. The van der Waals surface area contributed by atoms with E-state index >= 15 is 0 Å². The zero-order valence-corrected chi connectivity index (χ0v) is 27.1. The number of nitrogen functional groups attached to an aromatic ring is 1. The number of amides is 4. The van der Waals surface area contributed by atoms with Crippen LogP contribution in [0.3, 0.4) is 0 Å². The number of carbonyl (C=O) groups excluding carboxylic acids is 2. The van der Waals surface area contributed by atoms with Crippen LogP contribution in [0.1, 0.15) is 25.0 Å². The Morgan fingerprint density at radius 2 is 1.27 bits per heavy atom. The summed E-state index contributed by atoms with van der Waals surface area (Å²) >= 11 is 12.1. The average Bonchev–Trinajstić information content (AvgIpc) is 3.02. The highest BCUT2D eigenvalue weighted by molar-refractivity contribution is 6.31. The number of nitro groups is 2. The van der Waals surface area contributed by atoms with Crippen LogP contribution in [0.25, 0.3) is 0 Å². The third-order valence-corrected chi connectivity index (χ3v) is 7.39. The lowest BCUT2D eigenvalue weighted by atomic mass is 10.2. The largest absolute Gasteiger partial charge is 0.393 e. The van der Waals surface area contributed by atoms with Gasteiger partial charge >= 0.3 is 34.6 Å². The number of carbonyl (C=O) groups is 2. The number of halogens is 2. The highest BCUT2D eigenvalue weighted by Gasteiger charge is 2.26. The van der Waals surface area contributed by atoms with Gasteiger partial charge in [0.05, 0.1) is 22.9 Å². The molecule has 0 aliphatic carbocycles. The average molecular weight is 702 g/mol. The Hall–Kier alpha value is -5.74. The number of imide groups is 1. The number of aromatic nitrogens is 2. The van der Waals surface area contributed by atoms with E-state index in [0.717, 1.165) is 9.47 Å². The number of anilines is 2. The number of nitrogens with zero attached hydrogens (tertiary/aromatic N) is 5. The summed E-state index contributed by atoms with van der Waals surface area (Å²) in [5.74, 6) is 0. The maximum atomic E-state index is 12.6. The molecule has 0 aliphatic heterocycles. The van der Waals surface area contributed by atoms with Gasteiger partial charge in [-0.1, -0.05) is 59.6 Å². The third-order valence-electron chi connectivity index (χ3n) is 6.65. The predicted molar refractivity (Wildman–Crippen MR) is 181 cm³/mol. The Kier molecular flexibility index (Phi) is 12.8. The Bertz CT molecular complexity index is 1960. The molecule has 4 rings (SSSR count). The fourth-order valence-electron chi connectivity index (χ4n) is 4.28. The van der Waals surface area contributed by atoms with E-state index in [1.165, 1.54) is 29.1 Å². The molecular formula is C30H30Cl2N8O8. The van der Waals surface area contributed by atoms with Crippen molar-refractivity contribution in [2.75, 3.05) is 24.1 Å². The van der Waals surface area contributed by atoms with Gasteiger partial charge in [0.25, 0.3) is 0 Å². The molecule has 0 saturated heterocycles. The minimum atomic E-state index is -0.909. The van der Waals surface area contributed by atoms with Gasteiger partial charge in [0, 0.05) is 35.5 Å². The van der Waals surface area contributed by atoms with Crippen molar-refractivity contribution in [1.29, 1.82) is 0 Å². The van der Waals surface area contributed by atoms with Crippen LogP contribution >= 0.6 is 23.2 Å². The smallest absolute Gasteiger partial charge is 0.357 e. The van der Waals surface area contributed by atoms with Crippen molar-refractivity contribution in [1.82, 2.24) is 19.4 Å². The van der Waals surface area contributed by atoms with E-state index < -0.39 is 44.4 Å². The summed E-state index contributed by atoms with van der Waals surface area (Å²) < 4.78 is 2.33. The first-order valence-electron chi connectivity index (χ1n) is 14.1. The van der Waals surface area contributed by atoms with Gasteiger partial charge in [-0.25, -0.2) is 14.5 Å². The van der Waals surface area contributed by atoms with E-state index in [2.05, 4.69) is 10.6 Å². The second-order valence-corrected chi connectivity index (χ2v) is 10.6. The summed E-state index contributed by atoms with van der Waals surface area (Å²) in [5.41, 5.74) is 3.21. The monoisotopic (exact) mass is 700 g/mol. The van der Waals surface area contributed by atoms with Gasteiger partial charge in [0.2, 0.25) is 0 Å². The van der Waals surface area contributed by atoms with Crippen LogP contribution < -0.4 is 27.5 Å². The molecule has 16 nitrogen and oxygen atoms in total. The van der Waals surface area contributed by atoms with Gasteiger partial charge in [-0.3, -0.25) is 29.8 Å². The lowest BCUT2D eigenvalue weighted by molar-refractivity contribution is -0.385. The molecular weight excluding hydrogens is 671 g/mol. The number of nitrogens with two attached hydrogens (primary N) is 1. The standard InChI is InChI=1S/C18H20ClN5O5.C12H10ClN3O3/c1-3-20-17(26)23(4-2)18(27)21-14-9-10-22(16(25)15(14)24(28)29)11-12-7-5-6-8-13(12)19;13-9-4-2-1-3-8(9)7-15-6-5-10(14)11(12(15)17)16(18)19/h5-10H,3-4,11H2,1-2H3,(H,20,26)(H,21,27);1-6H,7,14H2. The normalized spacial score (nSPS) is 10.3. The number of hydrogen-bond acceptors (Lipinski definition) is 9. The van der Waals surface area contributed by atoms with E-state index in [0.29, 0.717) is 27.7 Å². The molecule has 48 heavy (non-hydrogen) atoms. The molecule has 18 heteroatoms. The second-order valence-electron chi connectivity index (χ2n) is 9.77. The van der Waals surface area contributed by atoms with E-state index in [1.54, 1.807) is 62.4 Å². The minimum Gasteiger partial charge on any atom is -0.393 e. The van der Waals surface area contributed by atoms with Crippen molar-refractivity contribution in [2.24, 2.45) is 0 Å². The number of hydrogen-bond donors (Lipinski definition) is 3. The van der Waals surface area contributed by atoms with Crippen LogP contribution in [0.2, 0.25) is 10.0 Å². The predicted octanol–water partition coefficient (Wildman–Crippen LogP) is 5.08. The van der Waals surface area contributed by atoms with E-state index in [-0.39, 0.29) is 31.0 Å². The van der Waals surface area contributed by atoms with Crippen LogP contribution in [0.5, 0.6) is 0 Å². The summed E-state index contributed by atoms with van der Waals surface area (Å²) in [6.45, 7) is 3.78. The Labute approximate surface area is 282 Å². The summed E-state index contributed by atoms with van der Waals surface area (Å²) in [6.07, 6.45) is 2.73. The van der Waals surface area contributed by atoms with Crippen molar-refractivity contribution in [3.63, 3.8) is 0 Å². The quantitative estimate of drug-likeness (QED) is 0.156. The van der Waals surface area contributed by atoms with E-state index in [9.17, 15) is 39.4 Å². The first-order valence-corrected chi connectivity index (χ1v) is 14.9. The first kappa shape index (κ1) is 36.7. The molecule has 252 valence electrons. The number of rotatable bonds is 9. The molecule has 0 atom stereocenters. The molecule has 0 radical (unpaired) electrons. The molecule has 2 aromatic heterocycles. The van der Waals surface area contributed by atoms with Gasteiger partial charge in [-0.05, 0) is 49.2 Å². The van der Waals surface area contributed by atoms with E-state index in [4.69, 9.17) is 28.9 Å². The fourth-order valence-corrected chi connectivity index (χ4v) is 4.67. The summed E-state index contributed by atoms with van der Waals surface area (Å²) in [7, 11) is 0. The molecule has 4 aromatic rings. The number of urea groups is 2. The highest BCUT2D eigenvalue weighted by atomic mass is 35.5. The van der Waals surface area contributed by atoms with Crippen LogP contribution in [0.15, 0.2) is 82.6 Å². The zero-order valence-electron chi connectivity index (χ0n) is 25.6. The second kappa shape index (κ2) is 16.7. The van der Waals surface area contributed by atoms with Crippen LogP contribution in [0.4, 0.5) is 32.3 Å². The van der Waals surface area contributed by atoms with Crippen molar-refractivity contribution >= 4 is 58.0 Å². The van der Waals surface area contributed by atoms with Crippen LogP contribution in [0, 0.1) is 20.2 Å². The number of benzene rings is 2. The van der Waals surface area contributed by atoms with Crippen molar-refractivity contribution < 1.29 is 19.4 Å². The molecule has 2 aromatic carbocycles. The van der Waals surface area contributed by atoms with Crippen molar-refractivity contribution in [2.45, 2.75) is 26.9 Å². The molecule has 4 N–H and O–H groups in total. The SMILES string of the molecule is CCNC(=O)N(CC)C(=O)Nc1ccn(Cc2ccccc2Cl)c(=O)c1[N+](=O)[O-].Nc1ccn(Cc2ccccc2Cl)c(=O)c1[N+](=O)[O-]. The molecule has 0 saturated carbocycles. The number of pyridine rings is 2. The highest BCUT2D eigenvalue weighted by Crippen LogP contribution is 2.22. The molecule has 0 bridgehead atoms. The number of nitrogens with one attached hydrogen (secondary N) is 2. The van der Waals surface area contributed by atoms with E-state index in [1.807, 2.05) is 0 Å². The van der Waals surface area contributed by atoms with Gasteiger partial charge in [0.15, 0.2) is 0 Å². The summed E-state index contributed by atoms with van der Waals surface area (Å²) in [6, 6.07) is 14.8. The lowest BCUT2D eigenvalue weighted by Crippen LogP contribution is -2.45. The Morgan fingerprint density at radius 1 is 0.792 bits per heavy atom. The van der Waals surface area contributed by atoms with Crippen molar-refractivity contribution in [3.05, 3.63) is 135 Å². The summed E-state index contributed by atoms with van der Waals surface area (Å²) in [5, 5.41) is 27.9. The lowest BCUT2D eigenvalue weighted by Gasteiger charge is -2.19. The fraction of sp³-hybridized carbons (Fsp3) is 0.200. The molecule has 2 heterocycles. The molecule has 4 amide bonds. The van der Waals surface area contributed by atoms with Gasteiger partial charge in [-0.2, -0.15) is 0 Å². The topological polar surface area (TPSA) is 218 Å². The molecule has 0 aliphatic rings. The van der Waals surface area contributed by atoms with Crippen LogP contribution in [-0.2, 0) is 13.1 Å². The third kappa shape index (κ3) is 8.95. The van der Waals surface area contributed by atoms with Crippen molar-refractivity contribution in [3.8, 4) is 0 Å². The first-order chi connectivity index (χ1) is 22.8. The Balaban J connectivity index is 0.000000284. The van der Waals surface area contributed by atoms with Crippen LogP contribution in [-0.4, -0.2) is 49.0 Å². The molecule has 0 unspecified atom stereocenters. The molecule has 0 spiro atoms.